The van der Waals surface area contributed by atoms with E-state index in [4.69, 9.17) is 10.00 Å². The first-order chi connectivity index (χ1) is 11.6. The number of ether oxygens (including phenoxy) is 1. The van der Waals surface area contributed by atoms with Crippen molar-refractivity contribution in [3.05, 3.63) is 41.0 Å². The monoisotopic (exact) mass is 327 g/mol. The van der Waals surface area contributed by atoms with Crippen LogP contribution in [-0.4, -0.2) is 33.8 Å². The summed E-state index contributed by atoms with van der Waals surface area (Å²) in [5.74, 6) is 0.0438. The van der Waals surface area contributed by atoms with Crippen molar-refractivity contribution in [2.75, 3.05) is 13.2 Å². The van der Waals surface area contributed by atoms with Crippen LogP contribution in [0.4, 0.5) is 0 Å². The number of aromatic amines is 1. The molecule has 1 amide bonds. The van der Waals surface area contributed by atoms with Crippen LogP contribution in [0.3, 0.4) is 0 Å². The standard InChI is InChI=1S/C17H21N5O2/c1-11-15(6-14(7-18)21-11)17(23)19-8-12-4-3-5-24-16(12)13-9-20-22(2)10-13/h6,9-10,12,16,21H,3-5,8H2,1-2H3,(H,19,23)/t12-,16+/m0/s1. The number of aryl methyl sites for hydroxylation is 2. The molecule has 7 heteroatoms. The molecule has 1 aliphatic heterocycles. The van der Waals surface area contributed by atoms with E-state index < -0.39 is 0 Å². The van der Waals surface area contributed by atoms with E-state index in [1.54, 1.807) is 17.7 Å². The third kappa shape index (κ3) is 3.34. The van der Waals surface area contributed by atoms with Crippen molar-refractivity contribution in [2.24, 2.45) is 13.0 Å². The molecule has 3 rings (SSSR count). The molecular weight excluding hydrogens is 306 g/mol. The van der Waals surface area contributed by atoms with Crippen LogP contribution in [0.15, 0.2) is 18.5 Å². The molecule has 2 atom stereocenters. The lowest BCUT2D eigenvalue weighted by molar-refractivity contribution is -0.0273. The summed E-state index contributed by atoms with van der Waals surface area (Å²) in [6.45, 7) is 3.05. The first-order valence-electron chi connectivity index (χ1n) is 8.06. The van der Waals surface area contributed by atoms with Crippen molar-refractivity contribution in [1.29, 1.82) is 5.26 Å². The van der Waals surface area contributed by atoms with Crippen molar-refractivity contribution in [3.8, 4) is 6.07 Å². The number of nitriles is 1. The third-order valence-electron chi connectivity index (χ3n) is 4.40. The summed E-state index contributed by atoms with van der Waals surface area (Å²) in [6.07, 6.45) is 5.71. The molecule has 0 spiro atoms. The van der Waals surface area contributed by atoms with Crippen LogP contribution in [0.2, 0.25) is 0 Å². The summed E-state index contributed by atoms with van der Waals surface area (Å²) in [5.41, 5.74) is 2.65. The lowest BCUT2D eigenvalue weighted by Gasteiger charge is -2.31. The number of carbonyl (C=O) groups is 1. The molecule has 1 aliphatic rings. The van der Waals surface area contributed by atoms with Gasteiger partial charge in [0.1, 0.15) is 11.8 Å². The Hall–Kier alpha value is -2.59. The minimum Gasteiger partial charge on any atom is -0.373 e. The van der Waals surface area contributed by atoms with E-state index in [0.717, 1.165) is 25.0 Å². The van der Waals surface area contributed by atoms with E-state index in [9.17, 15) is 4.79 Å². The van der Waals surface area contributed by atoms with E-state index in [1.165, 1.54) is 0 Å². The van der Waals surface area contributed by atoms with E-state index in [2.05, 4.69) is 15.4 Å². The molecule has 126 valence electrons. The van der Waals surface area contributed by atoms with Gasteiger partial charge in [0.25, 0.3) is 5.91 Å². The molecule has 1 saturated heterocycles. The molecule has 0 bridgehead atoms. The van der Waals surface area contributed by atoms with Crippen LogP contribution in [-0.2, 0) is 11.8 Å². The number of nitrogens with zero attached hydrogens (tertiary/aromatic N) is 3. The van der Waals surface area contributed by atoms with Gasteiger partial charge in [-0.1, -0.05) is 0 Å². The van der Waals surface area contributed by atoms with Crippen molar-refractivity contribution in [3.63, 3.8) is 0 Å². The third-order valence-corrected chi connectivity index (χ3v) is 4.40. The quantitative estimate of drug-likeness (QED) is 0.895. The molecule has 2 aromatic rings. The maximum absolute atomic E-state index is 12.4. The Balaban J connectivity index is 1.66. The van der Waals surface area contributed by atoms with Gasteiger partial charge in [-0.05, 0) is 25.8 Å². The maximum Gasteiger partial charge on any atom is 0.253 e. The van der Waals surface area contributed by atoms with Crippen molar-refractivity contribution in [1.82, 2.24) is 20.1 Å². The summed E-state index contributed by atoms with van der Waals surface area (Å²) in [7, 11) is 1.88. The van der Waals surface area contributed by atoms with Gasteiger partial charge >= 0.3 is 0 Å². The normalized spacial score (nSPS) is 20.5. The molecule has 24 heavy (non-hydrogen) atoms. The van der Waals surface area contributed by atoms with Gasteiger partial charge in [-0.15, -0.1) is 0 Å². The van der Waals surface area contributed by atoms with Crippen LogP contribution < -0.4 is 5.32 Å². The fraction of sp³-hybridized carbons (Fsp3) is 0.471. The molecule has 0 aromatic carbocycles. The summed E-state index contributed by atoms with van der Waals surface area (Å²) in [4.78, 5) is 15.3. The summed E-state index contributed by atoms with van der Waals surface area (Å²) >= 11 is 0. The molecule has 0 radical (unpaired) electrons. The minimum absolute atomic E-state index is 0.0465. The highest BCUT2D eigenvalue weighted by Crippen LogP contribution is 2.33. The largest absolute Gasteiger partial charge is 0.373 e. The van der Waals surface area contributed by atoms with Crippen LogP contribution in [0.5, 0.6) is 0 Å². The summed E-state index contributed by atoms with van der Waals surface area (Å²) in [5, 5.41) is 16.1. The predicted molar refractivity (Wildman–Crippen MR) is 87.2 cm³/mol. The van der Waals surface area contributed by atoms with Gasteiger partial charge in [0.15, 0.2) is 0 Å². The first kappa shape index (κ1) is 16.3. The average Bonchev–Trinajstić information content (AvgIpc) is 3.18. The Labute approximate surface area is 140 Å². The maximum atomic E-state index is 12.4. The smallest absolute Gasteiger partial charge is 0.253 e. The Kier molecular flexibility index (Phi) is 4.67. The number of carbonyl (C=O) groups excluding carboxylic acids is 1. The van der Waals surface area contributed by atoms with E-state index in [1.807, 2.05) is 25.5 Å². The van der Waals surface area contributed by atoms with Crippen LogP contribution in [0.1, 0.15) is 46.3 Å². The molecule has 3 heterocycles. The van der Waals surface area contributed by atoms with Gasteiger partial charge in [-0.3, -0.25) is 9.48 Å². The Morgan fingerprint density at radius 1 is 1.62 bits per heavy atom. The average molecular weight is 327 g/mol. The second-order valence-corrected chi connectivity index (χ2v) is 6.18. The highest BCUT2D eigenvalue weighted by Gasteiger charge is 2.29. The zero-order chi connectivity index (χ0) is 17.1. The fourth-order valence-corrected chi connectivity index (χ4v) is 3.18. The lowest BCUT2D eigenvalue weighted by Crippen LogP contribution is -2.35. The second-order valence-electron chi connectivity index (χ2n) is 6.18. The van der Waals surface area contributed by atoms with Gasteiger partial charge in [0.05, 0.1) is 17.9 Å². The van der Waals surface area contributed by atoms with Gasteiger partial charge in [0.2, 0.25) is 0 Å². The molecule has 0 unspecified atom stereocenters. The minimum atomic E-state index is -0.166. The lowest BCUT2D eigenvalue weighted by atomic mass is 9.90. The number of amides is 1. The van der Waals surface area contributed by atoms with Crippen LogP contribution in [0, 0.1) is 24.2 Å². The number of hydrogen-bond donors (Lipinski definition) is 2. The fourth-order valence-electron chi connectivity index (χ4n) is 3.18. The molecule has 0 saturated carbocycles. The van der Waals surface area contributed by atoms with Crippen LogP contribution >= 0.6 is 0 Å². The summed E-state index contributed by atoms with van der Waals surface area (Å²) < 4.78 is 7.68. The molecule has 0 aliphatic carbocycles. The summed E-state index contributed by atoms with van der Waals surface area (Å²) in [6, 6.07) is 3.60. The first-order valence-corrected chi connectivity index (χ1v) is 8.06. The van der Waals surface area contributed by atoms with Crippen LogP contribution in [0.25, 0.3) is 0 Å². The number of hydrogen-bond acceptors (Lipinski definition) is 4. The number of aromatic nitrogens is 3. The number of H-pyrrole nitrogens is 1. The number of rotatable bonds is 4. The van der Waals surface area contributed by atoms with E-state index in [-0.39, 0.29) is 17.9 Å². The van der Waals surface area contributed by atoms with E-state index in [0.29, 0.717) is 23.5 Å². The molecule has 2 aromatic heterocycles. The van der Waals surface area contributed by atoms with Gasteiger partial charge in [-0.2, -0.15) is 10.4 Å². The Bertz CT molecular complexity index is 770. The second kappa shape index (κ2) is 6.89. The predicted octanol–water partition coefficient (Wildman–Crippen LogP) is 1.83. The SMILES string of the molecule is Cc1[nH]c(C#N)cc1C(=O)NC[C@@H]1CCCO[C@H]1c1cnn(C)c1. The number of nitrogens with one attached hydrogen (secondary N) is 2. The van der Waals surface area contributed by atoms with Crippen molar-refractivity contribution < 1.29 is 9.53 Å². The van der Waals surface area contributed by atoms with Crippen molar-refractivity contribution in [2.45, 2.75) is 25.9 Å². The van der Waals surface area contributed by atoms with E-state index >= 15 is 0 Å². The Morgan fingerprint density at radius 2 is 2.46 bits per heavy atom. The van der Waals surface area contributed by atoms with Crippen molar-refractivity contribution >= 4 is 5.91 Å². The highest BCUT2D eigenvalue weighted by atomic mass is 16.5. The van der Waals surface area contributed by atoms with Gasteiger partial charge < -0.3 is 15.0 Å². The molecule has 7 nitrogen and oxygen atoms in total. The van der Waals surface area contributed by atoms with Gasteiger partial charge in [0, 0.05) is 43.6 Å². The zero-order valence-electron chi connectivity index (χ0n) is 13.9. The van der Waals surface area contributed by atoms with Gasteiger partial charge in [-0.25, -0.2) is 0 Å². The zero-order valence-corrected chi connectivity index (χ0v) is 13.9. The Morgan fingerprint density at radius 3 is 3.12 bits per heavy atom. The molecular formula is C17H21N5O2. The topological polar surface area (TPSA) is 95.7 Å². The molecule has 1 fully saturated rings. The molecule has 2 N–H and O–H groups in total. The highest BCUT2D eigenvalue weighted by molar-refractivity contribution is 5.95.